The van der Waals surface area contributed by atoms with Gasteiger partial charge in [-0.3, -0.25) is 23.7 Å². The quantitative estimate of drug-likeness (QED) is 0.233. The van der Waals surface area contributed by atoms with Crippen molar-refractivity contribution in [1.29, 1.82) is 0 Å². The molecule has 6 atom stereocenters. The van der Waals surface area contributed by atoms with E-state index in [1.807, 2.05) is 0 Å². The standard InChI is InChI=1S/C23H32N3O8PS/c1-13(2)32-22(29)16(5)25-35(30,34-17-9-7-6-8-10-17)31-12-18-19(27)15(4)21(33-18)26-11-14(3)20(28)24-23(26)36/h6-11,13,15-16,18-19,21,27H,12H2,1-5H3,(H,25,30)(H,24,28,36)/t15-,16+,18+,19?,21+,35-/m1/s1. The van der Waals surface area contributed by atoms with Gasteiger partial charge in [0.05, 0.1) is 18.8 Å². The average Bonchev–Trinajstić information content (AvgIpc) is 3.08. The van der Waals surface area contributed by atoms with E-state index in [-0.39, 0.29) is 28.8 Å². The molecular formula is C23H32N3O8PS. The summed E-state index contributed by atoms with van der Waals surface area (Å²) in [5.74, 6) is -0.802. The fourth-order valence-electron chi connectivity index (χ4n) is 3.63. The number of para-hydroxylation sites is 1. The zero-order valence-electron chi connectivity index (χ0n) is 20.7. The molecule has 2 aromatic rings. The highest BCUT2D eigenvalue weighted by Crippen LogP contribution is 2.46. The van der Waals surface area contributed by atoms with Crippen molar-refractivity contribution in [2.24, 2.45) is 5.92 Å². The van der Waals surface area contributed by atoms with Gasteiger partial charge in [0, 0.05) is 17.7 Å². The van der Waals surface area contributed by atoms with Crippen molar-refractivity contribution in [3.05, 3.63) is 57.2 Å². The molecule has 198 valence electrons. The normalized spacial score (nSPS) is 24.3. The van der Waals surface area contributed by atoms with Gasteiger partial charge in [-0.1, -0.05) is 25.1 Å². The number of aliphatic hydroxyl groups is 1. The SMILES string of the molecule is Cc1cn([C@H]2O[C@@H](CO[P@](=O)(N[C@@H](C)C(=O)OC(C)C)Oc3ccccc3)C(O)[C@H]2C)c(=S)[nH]c1=O. The van der Waals surface area contributed by atoms with Gasteiger partial charge in [0.2, 0.25) is 0 Å². The third-order valence-corrected chi connectivity index (χ3v) is 7.49. The molecule has 0 radical (unpaired) electrons. The molecule has 3 N–H and O–H groups in total. The van der Waals surface area contributed by atoms with Gasteiger partial charge < -0.3 is 19.1 Å². The van der Waals surface area contributed by atoms with Crippen LogP contribution in [-0.2, 0) is 23.4 Å². The molecule has 0 bridgehead atoms. The molecule has 13 heteroatoms. The Labute approximate surface area is 214 Å². The number of carbonyl (C=O) groups is 1. The van der Waals surface area contributed by atoms with Gasteiger partial charge in [-0.05, 0) is 52.0 Å². The summed E-state index contributed by atoms with van der Waals surface area (Å²) in [5.41, 5.74) is 0.123. The summed E-state index contributed by atoms with van der Waals surface area (Å²) >= 11 is 5.26. The van der Waals surface area contributed by atoms with Gasteiger partial charge in [0.25, 0.3) is 5.56 Å². The Morgan fingerprint density at radius 3 is 2.61 bits per heavy atom. The van der Waals surface area contributed by atoms with E-state index in [9.17, 15) is 19.3 Å². The van der Waals surface area contributed by atoms with Crippen LogP contribution in [-0.4, -0.2) is 51.6 Å². The molecule has 1 aliphatic heterocycles. The fraction of sp³-hybridized carbons (Fsp3) is 0.522. The predicted octanol–water partition coefficient (Wildman–Crippen LogP) is 3.24. The van der Waals surface area contributed by atoms with Gasteiger partial charge in [-0.25, -0.2) is 4.57 Å². The molecule has 0 saturated carbocycles. The Morgan fingerprint density at radius 2 is 1.97 bits per heavy atom. The van der Waals surface area contributed by atoms with Crippen LogP contribution < -0.4 is 15.2 Å². The number of aromatic amines is 1. The van der Waals surface area contributed by atoms with E-state index in [1.165, 1.54) is 6.92 Å². The van der Waals surface area contributed by atoms with Gasteiger partial charge in [-0.15, -0.1) is 0 Å². The lowest BCUT2D eigenvalue weighted by molar-refractivity contribution is -0.149. The van der Waals surface area contributed by atoms with Crippen molar-refractivity contribution in [2.45, 2.75) is 65.2 Å². The molecule has 2 heterocycles. The van der Waals surface area contributed by atoms with Crippen molar-refractivity contribution in [1.82, 2.24) is 14.6 Å². The van der Waals surface area contributed by atoms with Crippen LogP contribution in [0.25, 0.3) is 0 Å². The lowest BCUT2D eigenvalue weighted by Crippen LogP contribution is -2.37. The first-order valence-corrected chi connectivity index (χ1v) is 13.5. The Kier molecular flexibility index (Phi) is 9.26. The summed E-state index contributed by atoms with van der Waals surface area (Å²) in [4.78, 5) is 26.7. The van der Waals surface area contributed by atoms with Crippen LogP contribution in [0.5, 0.6) is 5.75 Å². The van der Waals surface area contributed by atoms with Crippen LogP contribution >= 0.6 is 20.0 Å². The maximum atomic E-state index is 13.7. The van der Waals surface area contributed by atoms with Crippen LogP contribution in [0.3, 0.4) is 0 Å². The van der Waals surface area contributed by atoms with Crippen LogP contribution in [0.4, 0.5) is 0 Å². The molecule has 1 aliphatic rings. The number of benzene rings is 1. The Bertz CT molecular complexity index is 1220. The number of aryl methyl sites for hydroxylation is 1. The molecule has 1 unspecified atom stereocenters. The van der Waals surface area contributed by atoms with Crippen LogP contribution in [0.1, 0.15) is 39.5 Å². The lowest BCUT2D eigenvalue weighted by atomic mass is 10.0. The van der Waals surface area contributed by atoms with Crippen LogP contribution in [0, 0.1) is 17.6 Å². The minimum absolute atomic E-state index is 0.147. The first kappa shape index (κ1) is 28.2. The molecule has 0 amide bonds. The summed E-state index contributed by atoms with van der Waals surface area (Å²) in [6, 6.07) is 7.33. The molecule has 1 fully saturated rings. The Morgan fingerprint density at radius 1 is 1.31 bits per heavy atom. The summed E-state index contributed by atoms with van der Waals surface area (Å²) < 4.78 is 37.8. The minimum atomic E-state index is -4.13. The van der Waals surface area contributed by atoms with Crippen molar-refractivity contribution >= 4 is 25.9 Å². The summed E-state index contributed by atoms with van der Waals surface area (Å²) in [6.45, 7) is 7.96. The molecule has 36 heavy (non-hydrogen) atoms. The summed E-state index contributed by atoms with van der Waals surface area (Å²) in [6.07, 6.45) is -1.39. The highest BCUT2D eigenvalue weighted by atomic mass is 32.1. The van der Waals surface area contributed by atoms with E-state index >= 15 is 0 Å². The molecule has 0 spiro atoms. The van der Waals surface area contributed by atoms with E-state index in [4.69, 9.17) is 30.7 Å². The smallest absolute Gasteiger partial charge is 0.459 e. The van der Waals surface area contributed by atoms with Crippen LogP contribution in [0.15, 0.2) is 41.3 Å². The zero-order valence-corrected chi connectivity index (χ0v) is 22.5. The lowest BCUT2D eigenvalue weighted by Gasteiger charge is -2.25. The summed E-state index contributed by atoms with van der Waals surface area (Å²) in [7, 11) is -4.13. The van der Waals surface area contributed by atoms with Crippen molar-refractivity contribution in [3.63, 3.8) is 0 Å². The monoisotopic (exact) mass is 541 g/mol. The third-order valence-electron chi connectivity index (χ3n) is 5.54. The maximum absolute atomic E-state index is 13.7. The molecule has 11 nitrogen and oxygen atoms in total. The van der Waals surface area contributed by atoms with E-state index in [0.717, 1.165) is 0 Å². The van der Waals surface area contributed by atoms with Crippen molar-refractivity contribution < 1.29 is 33.0 Å². The second-order valence-electron chi connectivity index (χ2n) is 8.93. The number of aliphatic hydroxyl groups excluding tert-OH is 1. The third kappa shape index (κ3) is 6.90. The Hall–Kier alpha value is -2.34. The summed E-state index contributed by atoms with van der Waals surface area (Å²) in [5, 5.41) is 13.4. The van der Waals surface area contributed by atoms with Crippen LogP contribution in [0.2, 0.25) is 0 Å². The second-order valence-corrected chi connectivity index (χ2v) is 11.0. The van der Waals surface area contributed by atoms with Gasteiger partial charge in [0.15, 0.2) is 4.77 Å². The number of hydrogen-bond donors (Lipinski definition) is 3. The molecule has 1 aromatic carbocycles. The van der Waals surface area contributed by atoms with E-state index in [0.29, 0.717) is 5.56 Å². The number of nitrogens with zero attached hydrogens (tertiary/aromatic N) is 1. The largest absolute Gasteiger partial charge is 0.462 e. The first-order valence-electron chi connectivity index (χ1n) is 11.5. The number of rotatable bonds is 10. The number of hydrogen-bond acceptors (Lipinski definition) is 9. The molecule has 1 aromatic heterocycles. The second kappa shape index (κ2) is 11.8. The molecule has 0 aliphatic carbocycles. The number of ether oxygens (including phenoxy) is 2. The average molecular weight is 542 g/mol. The fourth-order valence-corrected chi connectivity index (χ4v) is 5.38. The number of H-pyrrole nitrogens is 1. The molecule has 1 saturated heterocycles. The minimum Gasteiger partial charge on any atom is -0.462 e. The highest BCUT2D eigenvalue weighted by molar-refractivity contribution is 7.71. The highest BCUT2D eigenvalue weighted by Gasteiger charge is 2.44. The number of nitrogens with one attached hydrogen (secondary N) is 2. The van der Waals surface area contributed by atoms with E-state index in [1.54, 1.807) is 68.8 Å². The maximum Gasteiger partial charge on any atom is 0.459 e. The van der Waals surface area contributed by atoms with Gasteiger partial charge in [-0.2, -0.15) is 5.09 Å². The molecule has 3 rings (SSSR count). The predicted molar refractivity (Wildman–Crippen MR) is 134 cm³/mol. The van der Waals surface area contributed by atoms with Gasteiger partial charge >= 0.3 is 13.7 Å². The van der Waals surface area contributed by atoms with E-state index in [2.05, 4.69) is 10.1 Å². The molecular weight excluding hydrogens is 509 g/mol. The van der Waals surface area contributed by atoms with Gasteiger partial charge in [0.1, 0.15) is 24.1 Å². The topological polar surface area (TPSA) is 141 Å². The number of aromatic nitrogens is 2. The number of carbonyl (C=O) groups excluding carboxylic acids is 1. The zero-order chi connectivity index (χ0) is 26.6. The first-order chi connectivity index (χ1) is 16.9. The number of esters is 1. The van der Waals surface area contributed by atoms with Crippen molar-refractivity contribution in [3.8, 4) is 5.75 Å². The van der Waals surface area contributed by atoms with Crippen molar-refractivity contribution in [2.75, 3.05) is 6.61 Å². The Balaban J connectivity index is 1.77. The van der Waals surface area contributed by atoms with E-state index < -0.39 is 44.1 Å².